The summed E-state index contributed by atoms with van der Waals surface area (Å²) in [4.78, 5) is 0.373. The van der Waals surface area contributed by atoms with Crippen molar-refractivity contribution in [3.8, 4) is 0 Å². The molecule has 0 N–H and O–H groups in total. The Labute approximate surface area is 112 Å². The van der Waals surface area contributed by atoms with Crippen LogP contribution in [0.15, 0.2) is 12.1 Å². The molecule has 1 saturated carbocycles. The predicted octanol–water partition coefficient (Wildman–Crippen LogP) is 5.31. The van der Waals surface area contributed by atoms with E-state index in [2.05, 4.69) is 22.9 Å². The second-order valence-electron chi connectivity index (χ2n) is 5.44. The van der Waals surface area contributed by atoms with E-state index in [1.165, 1.54) is 24.8 Å². The average molecular weight is 299 g/mol. The standard InChI is InChI=1S/C15H20BrF/c1-9-5-4-6-13(9)14(16)12-7-10(2)15(17)11(3)8-12/h7-9,13-14H,4-6H2,1-3H3. The van der Waals surface area contributed by atoms with Crippen LogP contribution in [0.25, 0.3) is 0 Å². The highest BCUT2D eigenvalue weighted by atomic mass is 79.9. The third-order valence-electron chi connectivity index (χ3n) is 4.08. The van der Waals surface area contributed by atoms with Gasteiger partial charge in [0.05, 0.1) is 0 Å². The zero-order valence-electron chi connectivity index (χ0n) is 10.8. The fraction of sp³-hybridized carbons (Fsp3) is 0.600. The van der Waals surface area contributed by atoms with Crippen LogP contribution in [0.4, 0.5) is 4.39 Å². The maximum Gasteiger partial charge on any atom is 0.129 e. The summed E-state index contributed by atoms with van der Waals surface area (Å²) in [5, 5.41) is 0. The molecule has 0 aromatic heterocycles. The van der Waals surface area contributed by atoms with Crippen LogP contribution in [0.5, 0.6) is 0 Å². The lowest BCUT2D eigenvalue weighted by Crippen LogP contribution is -2.11. The number of hydrogen-bond acceptors (Lipinski definition) is 0. The van der Waals surface area contributed by atoms with Crippen molar-refractivity contribution in [1.29, 1.82) is 0 Å². The SMILES string of the molecule is Cc1cc(C(Br)C2CCCC2C)cc(C)c1F. The minimum atomic E-state index is -0.0621. The van der Waals surface area contributed by atoms with E-state index >= 15 is 0 Å². The van der Waals surface area contributed by atoms with Gasteiger partial charge in [0.25, 0.3) is 0 Å². The molecule has 0 radical (unpaired) electrons. The van der Waals surface area contributed by atoms with E-state index in [1.807, 2.05) is 26.0 Å². The van der Waals surface area contributed by atoms with E-state index in [4.69, 9.17) is 0 Å². The largest absolute Gasteiger partial charge is 0.206 e. The number of hydrogen-bond donors (Lipinski definition) is 0. The summed E-state index contributed by atoms with van der Waals surface area (Å²) in [5.74, 6) is 1.40. The molecule has 1 fully saturated rings. The second kappa shape index (κ2) is 5.09. The van der Waals surface area contributed by atoms with Crippen molar-refractivity contribution >= 4 is 15.9 Å². The lowest BCUT2D eigenvalue weighted by molar-refractivity contribution is 0.414. The van der Waals surface area contributed by atoms with E-state index in [1.54, 1.807) is 0 Å². The summed E-state index contributed by atoms with van der Waals surface area (Å²) >= 11 is 3.82. The Bertz CT molecular complexity index is 390. The van der Waals surface area contributed by atoms with Crippen LogP contribution >= 0.6 is 15.9 Å². The fourth-order valence-electron chi connectivity index (χ4n) is 2.99. The zero-order valence-corrected chi connectivity index (χ0v) is 12.3. The van der Waals surface area contributed by atoms with E-state index in [-0.39, 0.29) is 5.82 Å². The molecule has 1 aliphatic carbocycles. The highest BCUT2D eigenvalue weighted by Crippen LogP contribution is 2.45. The summed E-state index contributed by atoms with van der Waals surface area (Å²) < 4.78 is 13.6. The molecule has 0 amide bonds. The van der Waals surface area contributed by atoms with Crippen molar-refractivity contribution in [3.05, 3.63) is 34.6 Å². The maximum absolute atomic E-state index is 13.6. The van der Waals surface area contributed by atoms with Gasteiger partial charge in [0.2, 0.25) is 0 Å². The Balaban J connectivity index is 2.27. The highest BCUT2D eigenvalue weighted by molar-refractivity contribution is 9.09. The number of aryl methyl sites for hydroxylation is 2. The molecule has 0 heterocycles. The molecule has 3 unspecified atom stereocenters. The molecule has 0 bridgehead atoms. The van der Waals surface area contributed by atoms with Gasteiger partial charge >= 0.3 is 0 Å². The van der Waals surface area contributed by atoms with Gasteiger partial charge in [-0.25, -0.2) is 4.39 Å². The van der Waals surface area contributed by atoms with E-state index in [9.17, 15) is 4.39 Å². The summed E-state index contributed by atoms with van der Waals surface area (Å²) in [6.07, 6.45) is 3.94. The van der Waals surface area contributed by atoms with Crippen molar-refractivity contribution in [2.45, 2.75) is 44.9 Å². The molecule has 1 aliphatic rings. The van der Waals surface area contributed by atoms with E-state index in [0.29, 0.717) is 10.7 Å². The molecular weight excluding hydrogens is 279 g/mol. The second-order valence-corrected chi connectivity index (χ2v) is 6.43. The van der Waals surface area contributed by atoms with Crippen molar-refractivity contribution in [1.82, 2.24) is 0 Å². The number of benzene rings is 1. The Kier molecular flexibility index (Phi) is 3.92. The molecule has 0 aliphatic heterocycles. The van der Waals surface area contributed by atoms with Gasteiger partial charge in [0.15, 0.2) is 0 Å². The first-order valence-corrected chi connectivity index (χ1v) is 7.33. The van der Waals surface area contributed by atoms with Crippen LogP contribution in [0.2, 0.25) is 0 Å². The fourth-order valence-corrected chi connectivity index (χ4v) is 4.04. The summed E-state index contributed by atoms with van der Waals surface area (Å²) in [6, 6.07) is 3.99. The van der Waals surface area contributed by atoms with Gasteiger partial charge in [-0.15, -0.1) is 0 Å². The van der Waals surface area contributed by atoms with Crippen LogP contribution in [-0.2, 0) is 0 Å². The van der Waals surface area contributed by atoms with Crippen molar-refractivity contribution in [2.75, 3.05) is 0 Å². The molecule has 94 valence electrons. The van der Waals surface area contributed by atoms with Crippen LogP contribution < -0.4 is 0 Å². The lowest BCUT2D eigenvalue weighted by Gasteiger charge is -2.23. The third kappa shape index (κ3) is 2.57. The monoisotopic (exact) mass is 298 g/mol. The number of halogens is 2. The Hall–Kier alpha value is -0.370. The average Bonchev–Trinajstić information content (AvgIpc) is 2.70. The van der Waals surface area contributed by atoms with Gasteiger partial charge in [0.1, 0.15) is 5.82 Å². The molecular formula is C15H20BrF. The lowest BCUT2D eigenvalue weighted by atomic mass is 9.89. The van der Waals surface area contributed by atoms with Gasteiger partial charge in [-0.05, 0) is 48.8 Å². The Morgan fingerprint density at radius 1 is 1.24 bits per heavy atom. The molecule has 0 nitrogen and oxygen atoms in total. The van der Waals surface area contributed by atoms with Crippen LogP contribution in [-0.4, -0.2) is 0 Å². The van der Waals surface area contributed by atoms with Crippen LogP contribution in [0.1, 0.15) is 47.7 Å². The zero-order chi connectivity index (χ0) is 12.6. The first-order valence-electron chi connectivity index (χ1n) is 6.41. The smallest absolute Gasteiger partial charge is 0.129 e. The van der Waals surface area contributed by atoms with Crippen molar-refractivity contribution in [3.63, 3.8) is 0 Å². The quantitative estimate of drug-likeness (QED) is 0.649. The molecule has 1 aromatic rings. The van der Waals surface area contributed by atoms with Gasteiger partial charge in [0, 0.05) is 4.83 Å². The number of alkyl halides is 1. The van der Waals surface area contributed by atoms with Gasteiger partial charge in [-0.3, -0.25) is 0 Å². The molecule has 3 atom stereocenters. The third-order valence-corrected chi connectivity index (χ3v) is 5.29. The molecule has 17 heavy (non-hydrogen) atoms. The van der Waals surface area contributed by atoms with Crippen molar-refractivity contribution < 1.29 is 4.39 Å². The molecule has 0 spiro atoms. The van der Waals surface area contributed by atoms with Crippen LogP contribution in [0, 0.1) is 31.5 Å². The summed E-state index contributed by atoms with van der Waals surface area (Å²) in [6.45, 7) is 6.03. The van der Waals surface area contributed by atoms with E-state index < -0.39 is 0 Å². The first kappa shape index (κ1) is 13.1. The minimum Gasteiger partial charge on any atom is -0.206 e. The maximum atomic E-state index is 13.6. The highest BCUT2D eigenvalue weighted by Gasteiger charge is 2.30. The normalized spacial score (nSPS) is 26.2. The topological polar surface area (TPSA) is 0 Å². The minimum absolute atomic E-state index is 0.0621. The van der Waals surface area contributed by atoms with Gasteiger partial charge in [-0.2, -0.15) is 0 Å². The Morgan fingerprint density at radius 3 is 2.29 bits per heavy atom. The summed E-state index contributed by atoms with van der Waals surface area (Å²) in [7, 11) is 0. The first-order chi connectivity index (χ1) is 8.00. The van der Waals surface area contributed by atoms with Gasteiger partial charge < -0.3 is 0 Å². The summed E-state index contributed by atoms with van der Waals surface area (Å²) in [5.41, 5.74) is 2.75. The Morgan fingerprint density at radius 2 is 1.82 bits per heavy atom. The molecule has 2 rings (SSSR count). The van der Waals surface area contributed by atoms with Crippen LogP contribution in [0.3, 0.4) is 0 Å². The predicted molar refractivity (Wildman–Crippen MR) is 74.0 cm³/mol. The molecule has 2 heteroatoms. The molecule has 0 saturated heterocycles. The van der Waals surface area contributed by atoms with E-state index in [0.717, 1.165) is 17.0 Å². The van der Waals surface area contributed by atoms with Crippen molar-refractivity contribution in [2.24, 2.45) is 11.8 Å². The number of rotatable bonds is 2. The molecule has 1 aromatic carbocycles. The van der Waals surface area contributed by atoms with Gasteiger partial charge in [-0.1, -0.05) is 47.8 Å².